The molecule has 1 aromatic rings. The summed E-state index contributed by atoms with van der Waals surface area (Å²) in [5, 5.41) is 0. The molecule has 1 saturated carbocycles. The smallest absolute Gasteiger partial charge is 0.161 e. The standard InChI is InChI=1S/C15H23NO3/c1-2-17-14-5-3-4-6-15(14)19-8-7-18-13-9-12(10-13)11-16/h3-6,12-13H,2,7-11,16H2,1H3. The van der Waals surface area contributed by atoms with Gasteiger partial charge in [-0.1, -0.05) is 12.1 Å². The van der Waals surface area contributed by atoms with Crippen molar-refractivity contribution in [1.29, 1.82) is 0 Å². The SMILES string of the molecule is CCOc1ccccc1OCCOC1CC(CN)C1. The molecule has 0 radical (unpaired) electrons. The monoisotopic (exact) mass is 265 g/mol. The van der Waals surface area contributed by atoms with Crippen LogP contribution in [0.15, 0.2) is 24.3 Å². The summed E-state index contributed by atoms with van der Waals surface area (Å²) in [6.07, 6.45) is 2.55. The molecule has 0 aliphatic heterocycles. The number of hydrogen-bond donors (Lipinski definition) is 1. The maximum Gasteiger partial charge on any atom is 0.161 e. The number of para-hydroxylation sites is 2. The van der Waals surface area contributed by atoms with Crippen LogP contribution in [0.5, 0.6) is 11.5 Å². The molecule has 2 N–H and O–H groups in total. The van der Waals surface area contributed by atoms with Gasteiger partial charge < -0.3 is 19.9 Å². The molecule has 0 amide bonds. The highest BCUT2D eigenvalue weighted by atomic mass is 16.5. The average Bonchev–Trinajstić information content (AvgIpc) is 2.38. The molecule has 0 bridgehead atoms. The first-order valence-corrected chi connectivity index (χ1v) is 6.99. The average molecular weight is 265 g/mol. The minimum atomic E-state index is 0.374. The minimum absolute atomic E-state index is 0.374. The van der Waals surface area contributed by atoms with Gasteiger partial charge in [0.2, 0.25) is 0 Å². The van der Waals surface area contributed by atoms with E-state index in [1.54, 1.807) is 0 Å². The van der Waals surface area contributed by atoms with Gasteiger partial charge in [-0.15, -0.1) is 0 Å². The van der Waals surface area contributed by atoms with Crippen LogP contribution < -0.4 is 15.2 Å². The number of hydrogen-bond acceptors (Lipinski definition) is 4. The molecule has 0 spiro atoms. The highest BCUT2D eigenvalue weighted by Gasteiger charge is 2.28. The van der Waals surface area contributed by atoms with Crippen LogP contribution in [0, 0.1) is 5.92 Å². The lowest BCUT2D eigenvalue weighted by atomic mass is 9.82. The lowest BCUT2D eigenvalue weighted by Crippen LogP contribution is -2.36. The third kappa shape index (κ3) is 4.11. The van der Waals surface area contributed by atoms with E-state index in [1.807, 2.05) is 31.2 Å². The van der Waals surface area contributed by atoms with Gasteiger partial charge in [0, 0.05) is 0 Å². The number of rotatable bonds is 8. The highest BCUT2D eigenvalue weighted by Crippen LogP contribution is 2.29. The summed E-state index contributed by atoms with van der Waals surface area (Å²) >= 11 is 0. The van der Waals surface area contributed by atoms with Gasteiger partial charge in [-0.05, 0) is 44.4 Å². The molecule has 0 aromatic heterocycles. The van der Waals surface area contributed by atoms with Crippen molar-refractivity contribution in [1.82, 2.24) is 0 Å². The van der Waals surface area contributed by atoms with Crippen LogP contribution in [0.2, 0.25) is 0 Å². The molecule has 1 aliphatic carbocycles. The maximum absolute atomic E-state index is 5.71. The van der Waals surface area contributed by atoms with E-state index in [1.165, 1.54) is 0 Å². The van der Waals surface area contributed by atoms with Gasteiger partial charge in [0.15, 0.2) is 11.5 Å². The maximum atomic E-state index is 5.71. The van der Waals surface area contributed by atoms with Gasteiger partial charge >= 0.3 is 0 Å². The number of benzene rings is 1. The third-order valence-electron chi connectivity index (χ3n) is 3.37. The Morgan fingerprint density at radius 2 is 1.79 bits per heavy atom. The normalized spacial score (nSPS) is 21.8. The molecule has 1 aliphatic rings. The fraction of sp³-hybridized carbons (Fsp3) is 0.600. The summed E-state index contributed by atoms with van der Waals surface area (Å²) in [5.41, 5.74) is 5.58. The fourth-order valence-electron chi connectivity index (χ4n) is 2.21. The molecule has 0 unspecified atom stereocenters. The van der Waals surface area contributed by atoms with Crippen LogP contribution in [0.25, 0.3) is 0 Å². The number of ether oxygens (including phenoxy) is 3. The van der Waals surface area contributed by atoms with E-state index in [0.29, 0.717) is 31.8 Å². The van der Waals surface area contributed by atoms with E-state index in [0.717, 1.165) is 30.9 Å². The Balaban J connectivity index is 1.65. The quantitative estimate of drug-likeness (QED) is 0.732. The predicted molar refractivity (Wildman–Crippen MR) is 74.6 cm³/mol. The topological polar surface area (TPSA) is 53.7 Å². The molecule has 0 heterocycles. The van der Waals surface area contributed by atoms with Crippen LogP contribution >= 0.6 is 0 Å². The second-order valence-electron chi connectivity index (χ2n) is 4.79. The van der Waals surface area contributed by atoms with Crippen molar-refractivity contribution < 1.29 is 14.2 Å². The van der Waals surface area contributed by atoms with Crippen LogP contribution in [0.3, 0.4) is 0 Å². The Hall–Kier alpha value is -1.26. The number of nitrogens with two attached hydrogens (primary N) is 1. The van der Waals surface area contributed by atoms with E-state index in [9.17, 15) is 0 Å². The summed E-state index contributed by atoms with van der Waals surface area (Å²) in [6.45, 7) is 4.54. The highest BCUT2D eigenvalue weighted by molar-refractivity contribution is 5.39. The van der Waals surface area contributed by atoms with Gasteiger partial charge in [0.05, 0.1) is 19.3 Å². The van der Waals surface area contributed by atoms with Crippen molar-refractivity contribution in [2.24, 2.45) is 11.7 Å². The van der Waals surface area contributed by atoms with Crippen molar-refractivity contribution in [2.45, 2.75) is 25.9 Å². The van der Waals surface area contributed by atoms with E-state index in [-0.39, 0.29) is 0 Å². The van der Waals surface area contributed by atoms with Crippen molar-refractivity contribution in [2.75, 3.05) is 26.4 Å². The lowest BCUT2D eigenvalue weighted by molar-refractivity contribution is -0.0375. The van der Waals surface area contributed by atoms with Gasteiger partial charge in [0.25, 0.3) is 0 Å². The largest absolute Gasteiger partial charge is 0.490 e. The second-order valence-corrected chi connectivity index (χ2v) is 4.79. The van der Waals surface area contributed by atoms with E-state index >= 15 is 0 Å². The first kappa shape index (κ1) is 14.2. The van der Waals surface area contributed by atoms with Crippen LogP contribution in [0.1, 0.15) is 19.8 Å². The second kappa shape index (κ2) is 7.36. The zero-order chi connectivity index (χ0) is 13.5. The molecule has 19 heavy (non-hydrogen) atoms. The van der Waals surface area contributed by atoms with Crippen LogP contribution in [0.4, 0.5) is 0 Å². The molecular weight excluding hydrogens is 242 g/mol. The molecule has 1 fully saturated rings. The van der Waals surface area contributed by atoms with E-state index in [2.05, 4.69) is 0 Å². The van der Waals surface area contributed by atoms with Crippen molar-refractivity contribution in [3.63, 3.8) is 0 Å². The minimum Gasteiger partial charge on any atom is -0.490 e. The molecule has 2 rings (SSSR count). The van der Waals surface area contributed by atoms with E-state index < -0.39 is 0 Å². The van der Waals surface area contributed by atoms with Gasteiger partial charge in [-0.25, -0.2) is 0 Å². The summed E-state index contributed by atoms with van der Waals surface area (Å²) in [7, 11) is 0. The molecule has 4 nitrogen and oxygen atoms in total. The first-order valence-electron chi connectivity index (χ1n) is 6.99. The fourth-order valence-corrected chi connectivity index (χ4v) is 2.21. The first-order chi connectivity index (χ1) is 9.33. The Kier molecular flexibility index (Phi) is 5.48. The third-order valence-corrected chi connectivity index (χ3v) is 3.37. The Morgan fingerprint density at radius 1 is 1.11 bits per heavy atom. The van der Waals surface area contributed by atoms with Gasteiger partial charge in [0.1, 0.15) is 6.61 Å². The molecular formula is C15H23NO3. The van der Waals surface area contributed by atoms with Crippen molar-refractivity contribution in [3.05, 3.63) is 24.3 Å². The Labute approximate surface area is 114 Å². The summed E-state index contributed by atoms with van der Waals surface area (Å²) < 4.78 is 16.9. The summed E-state index contributed by atoms with van der Waals surface area (Å²) in [5.74, 6) is 2.22. The molecule has 4 heteroatoms. The zero-order valence-electron chi connectivity index (χ0n) is 11.5. The van der Waals surface area contributed by atoms with Crippen molar-refractivity contribution >= 4 is 0 Å². The molecule has 0 saturated heterocycles. The van der Waals surface area contributed by atoms with Gasteiger partial charge in [-0.3, -0.25) is 0 Å². The zero-order valence-corrected chi connectivity index (χ0v) is 11.5. The molecule has 0 atom stereocenters. The summed E-state index contributed by atoms with van der Waals surface area (Å²) in [4.78, 5) is 0. The molecule has 1 aromatic carbocycles. The molecule has 106 valence electrons. The summed E-state index contributed by atoms with van der Waals surface area (Å²) in [6, 6.07) is 7.71. The van der Waals surface area contributed by atoms with Crippen molar-refractivity contribution in [3.8, 4) is 11.5 Å². The Morgan fingerprint density at radius 3 is 2.42 bits per heavy atom. The van der Waals surface area contributed by atoms with Crippen LogP contribution in [-0.4, -0.2) is 32.5 Å². The lowest BCUT2D eigenvalue weighted by Gasteiger charge is -2.34. The van der Waals surface area contributed by atoms with Crippen LogP contribution in [-0.2, 0) is 4.74 Å². The predicted octanol–water partition coefficient (Wildman–Crippen LogP) is 2.22. The van der Waals surface area contributed by atoms with E-state index in [4.69, 9.17) is 19.9 Å². The van der Waals surface area contributed by atoms with Gasteiger partial charge in [-0.2, -0.15) is 0 Å². The Bertz CT molecular complexity index is 377.